The summed E-state index contributed by atoms with van der Waals surface area (Å²) in [6.07, 6.45) is 3.16. The Morgan fingerprint density at radius 2 is 1.87 bits per heavy atom. The minimum absolute atomic E-state index is 0.119. The van der Waals surface area contributed by atoms with Gasteiger partial charge in [0.1, 0.15) is 0 Å². The first-order chi connectivity index (χ1) is 10.7. The van der Waals surface area contributed by atoms with Crippen LogP contribution in [-0.2, 0) is 21.4 Å². The second-order valence-electron chi connectivity index (χ2n) is 5.76. The molecule has 10 heteroatoms. The predicted octanol–water partition coefficient (Wildman–Crippen LogP) is 1.40. The van der Waals surface area contributed by atoms with Crippen LogP contribution in [0.1, 0.15) is 26.3 Å². The third kappa shape index (κ3) is 4.78. The van der Waals surface area contributed by atoms with E-state index in [1.165, 1.54) is 0 Å². The van der Waals surface area contributed by atoms with Gasteiger partial charge in [-0.15, -0.1) is 10.2 Å². The highest BCUT2D eigenvalue weighted by Crippen LogP contribution is 2.22. The number of anilines is 1. The van der Waals surface area contributed by atoms with E-state index in [1.54, 1.807) is 45.3 Å². The second kappa shape index (κ2) is 6.69. The van der Waals surface area contributed by atoms with Crippen LogP contribution in [0.2, 0.25) is 0 Å². The third-order valence-corrected chi connectivity index (χ3v) is 5.36. The minimum atomic E-state index is -3.79. The fourth-order valence-electron chi connectivity index (χ4n) is 1.39. The number of nitrogens with zero attached hydrogens (tertiary/aromatic N) is 3. The standard InChI is InChI=1S/C13H17N5O3S2/c1-13(2,3)10(19)16-11-17-18-12(22-11)23(20,21)15-8-9-4-6-14-7-5-9/h4-7,15H,8H2,1-3H3,(H,16,17,19). The van der Waals surface area contributed by atoms with Crippen molar-refractivity contribution in [3.63, 3.8) is 0 Å². The van der Waals surface area contributed by atoms with E-state index < -0.39 is 15.4 Å². The van der Waals surface area contributed by atoms with E-state index in [1.807, 2.05) is 0 Å². The summed E-state index contributed by atoms with van der Waals surface area (Å²) in [6.45, 7) is 5.36. The Morgan fingerprint density at radius 3 is 2.48 bits per heavy atom. The van der Waals surface area contributed by atoms with Crippen LogP contribution in [-0.4, -0.2) is 29.5 Å². The SMILES string of the molecule is CC(C)(C)C(=O)Nc1nnc(S(=O)(=O)NCc2ccncc2)s1. The molecule has 0 aliphatic rings. The molecule has 0 aliphatic heterocycles. The predicted molar refractivity (Wildman–Crippen MR) is 86.3 cm³/mol. The van der Waals surface area contributed by atoms with Crippen LogP contribution in [0.4, 0.5) is 5.13 Å². The Morgan fingerprint density at radius 1 is 1.22 bits per heavy atom. The molecule has 2 N–H and O–H groups in total. The summed E-state index contributed by atoms with van der Waals surface area (Å²) in [7, 11) is -3.79. The number of carbonyl (C=O) groups is 1. The summed E-state index contributed by atoms with van der Waals surface area (Å²) in [5.41, 5.74) is 0.166. The van der Waals surface area contributed by atoms with Gasteiger partial charge in [0.2, 0.25) is 15.4 Å². The van der Waals surface area contributed by atoms with Gasteiger partial charge in [0.15, 0.2) is 0 Å². The number of aromatic nitrogens is 3. The van der Waals surface area contributed by atoms with Crippen molar-refractivity contribution >= 4 is 32.4 Å². The Kier molecular flexibility index (Phi) is 5.07. The molecule has 23 heavy (non-hydrogen) atoms. The molecule has 0 saturated carbocycles. The lowest BCUT2D eigenvalue weighted by atomic mass is 9.96. The van der Waals surface area contributed by atoms with Crippen molar-refractivity contribution in [2.75, 3.05) is 5.32 Å². The van der Waals surface area contributed by atoms with Gasteiger partial charge in [0.05, 0.1) is 0 Å². The average Bonchev–Trinajstić information content (AvgIpc) is 2.95. The summed E-state index contributed by atoms with van der Waals surface area (Å²) < 4.78 is 26.6. The number of pyridine rings is 1. The van der Waals surface area contributed by atoms with E-state index in [9.17, 15) is 13.2 Å². The fraction of sp³-hybridized carbons (Fsp3) is 0.385. The highest BCUT2D eigenvalue weighted by atomic mass is 32.2. The second-order valence-corrected chi connectivity index (χ2v) is 8.68. The summed E-state index contributed by atoms with van der Waals surface area (Å²) in [4.78, 5) is 15.7. The fourth-order valence-corrected chi connectivity index (χ4v) is 3.35. The lowest BCUT2D eigenvalue weighted by Crippen LogP contribution is -2.27. The Labute approximate surface area is 138 Å². The van der Waals surface area contributed by atoms with Crippen LogP contribution >= 0.6 is 11.3 Å². The molecule has 2 heterocycles. The first-order valence-electron chi connectivity index (χ1n) is 6.72. The normalized spacial score (nSPS) is 12.1. The molecule has 2 aromatic heterocycles. The summed E-state index contributed by atoms with van der Waals surface area (Å²) in [6, 6.07) is 3.41. The van der Waals surface area contributed by atoms with E-state index in [-0.39, 0.29) is 21.9 Å². The number of sulfonamides is 1. The molecule has 0 bridgehead atoms. The van der Waals surface area contributed by atoms with Crippen LogP contribution < -0.4 is 10.0 Å². The van der Waals surface area contributed by atoms with Crippen molar-refractivity contribution < 1.29 is 13.2 Å². The maximum Gasteiger partial charge on any atom is 0.270 e. The van der Waals surface area contributed by atoms with E-state index in [2.05, 4.69) is 25.2 Å². The molecule has 1 amide bonds. The summed E-state index contributed by atoms with van der Waals surface area (Å²) >= 11 is 0.802. The Balaban J connectivity index is 2.05. The van der Waals surface area contributed by atoms with Gasteiger partial charge in [-0.2, -0.15) is 0 Å². The van der Waals surface area contributed by atoms with Gasteiger partial charge >= 0.3 is 0 Å². The highest BCUT2D eigenvalue weighted by molar-refractivity contribution is 7.91. The number of hydrogen-bond donors (Lipinski definition) is 2. The topological polar surface area (TPSA) is 114 Å². The van der Waals surface area contributed by atoms with Crippen LogP contribution in [0.3, 0.4) is 0 Å². The average molecular weight is 355 g/mol. The van der Waals surface area contributed by atoms with Gasteiger partial charge in [-0.3, -0.25) is 9.78 Å². The van der Waals surface area contributed by atoms with Crippen molar-refractivity contribution in [2.45, 2.75) is 31.7 Å². The molecule has 2 rings (SSSR count). The molecule has 2 aromatic rings. The van der Waals surface area contributed by atoms with Gasteiger partial charge in [-0.05, 0) is 17.7 Å². The highest BCUT2D eigenvalue weighted by Gasteiger charge is 2.25. The van der Waals surface area contributed by atoms with E-state index >= 15 is 0 Å². The van der Waals surface area contributed by atoms with Crippen LogP contribution in [0.5, 0.6) is 0 Å². The summed E-state index contributed by atoms with van der Waals surface area (Å²) in [5.74, 6) is -0.262. The zero-order chi connectivity index (χ0) is 17.1. The number of carbonyl (C=O) groups excluding carboxylic acids is 1. The van der Waals surface area contributed by atoms with Crippen LogP contribution in [0.15, 0.2) is 28.9 Å². The molecule has 0 aliphatic carbocycles. The number of amides is 1. The first-order valence-corrected chi connectivity index (χ1v) is 9.02. The molecular weight excluding hydrogens is 338 g/mol. The number of hydrogen-bond acceptors (Lipinski definition) is 7. The Hall–Kier alpha value is -1.91. The van der Waals surface area contributed by atoms with Crippen molar-refractivity contribution in [3.05, 3.63) is 30.1 Å². The lowest BCUT2D eigenvalue weighted by molar-refractivity contribution is -0.123. The third-order valence-electron chi connectivity index (χ3n) is 2.75. The molecule has 0 atom stereocenters. The minimum Gasteiger partial charge on any atom is -0.300 e. The number of rotatable bonds is 5. The van der Waals surface area contributed by atoms with Crippen molar-refractivity contribution in [3.8, 4) is 0 Å². The maximum atomic E-state index is 12.2. The summed E-state index contributed by atoms with van der Waals surface area (Å²) in [5, 5.41) is 10.0. The maximum absolute atomic E-state index is 12.2. The Bertz CT molecular complexity index is 781. The van der Waals surface area contributed by atoms with Gasteiger partial charge < -0.3 is 5.32 Å². The zero-order valence-corrected chi connectivity index (χ0v) is 14.5. The molecule has 0 fully saturated rings. The number of nitrogens with one attached hydrogen (secondary N) is 2. The molecule has 0 radical (unpaired) electrons. The smallest absolute Gasteiger partial charge is 0.270 e. The quantitative estimate of drug-likeness (QED) is 0.784. The molecule has 124 valence electrons. The molecule has 8 nitrogen and oxygen atoms in total. The van der Waals surface area contributed by atoms with Crippen LogP contribution in [0.25, 0.3) is 0 Å². The van der Waals surface area contributed by atoms with E-state index in [4.69, 9.17) is 0 Å². The molecular formula is C13H17N5O3S2. The van der Waals surface area contributed by atoms with Crippen LogP contribution in [0, 0.1) is 5.41 Å². The first kappa shape index (κ1) is 17.4. The molecule has 0 spiro atoms. The van der Waals surface area contributed by atoms with Crippen molar-refractivity contribution in [1.82, 2.24) is 19.9 Å². The van der Waals surface area contributed by atoms with Crippen molar-refractivity contribution in [2.24, 2.45) is 5.41 Å². The molecule has 0 aromatic carbocycles. The van der Waals surface area contributed by atoms with E-state index in [0.717, 1.165) is 16.9 Å². The van der Waals surface area contributed by atoms with E-state index in [0.29, 0.717) is 0 Å². The van der Waals surface area contributed by atoms with Crippen molar-refractivity contribution in [1.29, 1.82) is 0 Å². The van der Waals surface area contributed by atoms with Gasteiger partial charge in [0.25, 0.3) is 10.0 Å². The van der Waals surface area contributed by atoms with Gasteiger partial charge in [-0.25, -0.2) is 13.1 Å². The largest absolute Gasteiger partial charge is 0.300 e. The molecule has 0 unspecified atom stereocenters. The zero-order valence-electron chi connectivity index (χ0n) is 12.9. The van der Waals surface area contributed by atoms with Gasteiger partial charge in [0, 0.05) is 24.4 Å². The monoisotopic (exact) mass is 355 g/mol. The molecule has 0 saturated heterocycles. The van der Waals surface area contributed by atoms with Gasteiger partial charge in [-0.1, -0.05) is 32.1 Å². The lowest BCUT2D eigenvalue weighted by Gasteiger charge is -2.15.